The van der Waals surface area contributed by atoms with Gasteiger partial charge in [-0.15, -0.1) is 0 Å². The van der Waals surface area contributed by atoms with Gasteiger partial charge in [-0.2, -0.15) is 0 Å². The number of hydrogen-bond donors (Lipinski definition) is 2. The van der Waals surface area contributed by atoms with Crippen molar-refractivity contribution in [2.24, 2.45) is 0 Å². The van der Waals surface area contributed by atoms with Crippen molar-refractivity contribution in [3.63, 3.8) is 0 Å². The normalized spacial score (nSPS) is 11.5. The molecule has 30 heavy (non-hydrogen) atoms. The summed E-state index contributed by atoms with van der Waals surface area (Å²) < 4.78 is 10.8. The lowest BCUT2D eigenvalue weighted by Gasteiger charge is -2.19. The van der Waals surface area contributed by atoms with Crippen molar-refractivity contribution in [3.8, 4) is 5.75 Å². The van der Waals surface area contributed by atoms with Gasteiger partial charge in [-0.25, -0.2) is 4.79 Å². The molecule has 1 aromatic heterocycles. The molecule has 0 saturated heterocycles. The van der Waals surface area contributed by atoms with Crippen LogP contribution in [0.1, 0.15) is 39.2 Å². The summed E-state index contributed by atoms with van der Waals surface area (Å²) in [4.78, 5) is 17.5. The molecule has 6 heteroatoms. The van der Waals surface area contributed by atoms with Crippen LogP contribution in [0.3, 0.4) is 0 Å². The molecule has 0 spiro atoms. The molecular weight excluding hydrogens is 396 g/mol. The van der Waals surface area contributed by atoms with Crippen molar-refractivity contribution < 1.29 is 14.3 Å². The van der Waals surface area contributed by atoms with Crippen LogP contribution in [0.5, 0.6) is 5.75 Å². The highest BCUT2D eigenvalue weighted by atomic mass is 32.2. The Labute approximate surface area is 182 Å². The van der Waals surface area contributed by atoms with Crippen molar-refractivity contribution in [2.45, 2.75) is 55.4 Å². The van der Waals surface area contributed by atoms with E-state index in [2.05, 4.69) is 40.6 Å². The molecule has 0 bridgehead atoms. The highest BCUT2D eigenvalue weighted by Gasteiger charge is 2.15. The van der Waals surface area contributed by atoms with Gasteiger partial charge in [0.05, 0.1) is 18.0 Å². The van der Waals surface area contributed by atoms with Crippen LogP contribution in [-0.2, 0) is 11.2 Å². The molecule has 3 rings (SSSR count). The fourth-order valence-corrected chi connectivity index (χ4v) is 4.36. The highest BCUT2D eigenvalue weighted by molar-refractivity contribution is 7.99. The van der Waals surface area contributed by atoms with E-state index in [4.69, 9.17) is 9.47 Å². The van der Waals surface area contributed by atoms with E-state index in [1.165, 1.54) is 10.5 Å². The zero-order valence-electron chi connectivity index (χ0n) is 18.1. The van der Waals surface area contributed by atoms with Gasteiger partial charge in [0.25, 0.3) is 0 Å². The average molecular weight is 427 g/mol. The summed E-state index contributed by atoms with van der Waals surface area (Å²) in [5, 5.41) is 3.94. The van der Waals surface area contributed by atoms with Crippen molar-refractivity contribution in [2.75, 3.05) is 13.7 Å². The Hall–Kier alpha value is -2.60. The molecule has 0 aliphatic rings. The standard InChI is InChI=1S/C24H30N2O3S/c1-24(2,3)29-23(27)25-15-8-7-11-17-10-5-6-14-20(17)30-21-16-26-18-12-9-13-19(28-4)22(18)21/h5-6,9-10,12-14,16,26H,7-8,11,15H2,1-4H3,(H,25,27). The Balaban J connectivity index is 1.59. The van der Waals surface area contributed by atoms with Crippen LogP contribution in [-0.4, -0.2) is 30.3 Å². The lowest BCUT2D eigenvalue weighted by molar-refractivity contribution is 0.0527. The van der Waals surface area contributed by atoms with Crippen LogP contribution in [0.4, 0.5) is 4.79 Å². The molecule has 0 atom stereocenters. The van der Waals surface area contributed by atoms with Gasteiger partial charge in [0.15, 0.2) is 0 Å². The lowest BCUT2D eigenvalue weighted by Crippen LogP contribution is -2.33. The van der Waals surface area contributed by atoms with Gasteiger partial charge in [0, 0.05) is 22.5 Å². The van der Waals surface area contributed by atoms with Gasteiger partial charge in [-0.3, -0.25) is 0 Å². The maximum atomic E-state index is 11.7. The first kappa shape index (κ1) is 22.1. The van der Waals surface area contributed by atoms with Gasteiger partial charge >= 0.3 is 6.09 Å². The minimum absolute atomic E-state index is 0.355. The molecule has 0 fully saturated rings. The summed E-state index contributed by atoms with van der Waals surface area (Å²) >= 11 is 1.75. The van der Waals surface area contributed by atoms with E-state index < -0.39 is 5.60 Å². The number of H-pyrrole nitrogens is 1. The third-order valence-corrected chi connectivity index (χ3v) is 5.75. The number of alkyl carbamates (subject to hydrolysis) is 1. The largest absolute Gasteiger partial charge is 0.496 e. The summed E-state index contributed by atoms with van der Waals surface area (Å²) in [5.41, 5.74) is 1.91. The Kier molecular flexibility index (Phi) is 7.32. The zero-order chi connectivity index (χ0) is 21.6. The maximum Gasteiger partial charge on any atom is 0.407 e. The van der Waals surface area contributed by atoms with Gasteiger partial charge in [-0.05, 0) is 63.8 Å². The number of unbranched alkanes of at least 4 members (excludes halogenated alkanes) is 1. The van der Waals surface area contributed by atoms with E-state index in [0.717, 1.165) is 40.8 Å². The van der Waals surface area contributed by atoms with Gasteiger partial charge < -0.3 is 19.8 Å². The quantitative estimate of drug-likeness (QED) is 0.423. The predicted molar refractivity (Wildman–Crippen MR) is 123 cm³/mol. The molecule has 1 amide bonds. The molecule has 160 valence electrons. The number of nitrogens with one attached hydrogen (secondary N) is 2. The fourth-order valence-electron chi connectivity index (χ4n) is 3.25. The molecular formula is C24H30N2O3S. The van der Waals surface area contributed by atoms with Crippen LogP contribution >= 0.6 is 11.8 Å². The number of ether oxygens (including phenoxy) is 2. The van der Waals surface area contributed by atoms with E-state index >= 15 is 0 Å². The number of methoxy groups -OCH3 is 1. The lowest BCUT2D eigenvalue weighted by atomic mass is 10.1. The second kappa shape index (κ2) is 9.94. The molecule has 5 nitrogen and oxygen atoms in total. The number of carbonyl (C=O) groups excluding carboxylic acids is 1. The number of fused-ring (bicyclic) bond motifs is 1. The SMILES string of the molecule is COc1cccc2[nH]cc(Sc3ccccc3CCCCNC(=O)OC(C)(C)C)c12. The van der Waals surface area contributed by atoms with Crippen LogP contribution < -0.4 is 10.1 Å². The monoisotopic (exact) mass is 426 g/mol. The van der Waals surface area contributed by atoms with Crippen LogP contribution in [0, 0.1) is 0 Å². The summed E-state index contributed by atoms with van der Waals surface area (Å²) in [6, 6.07) is 14.5. The van der Waals surface area contributed by atoms with Crippen molar-refractivity contribution in [1.82, 2.24) is 10.3 Å². The van der Waals surface area contributed by atoms with Crippen LogP contribution in [0.25, 0.3) is 10.9 Å². The first-order valence-electron chi connectivity index (χ1n) is 10.2. The zero-order valence-corrected chi connectivity index (χ0v) is 18.9. The third kappa shape index (κ3) is 5.95. The highest BCUT2D eigenvalue weighted by Crippen LogP contribution is 2.39. The maximum absolute atomic E-state index is 11.7. The summed E-state index contributed by atoms with van der Waals surface area (Å²) in [5.74, 6) is 0.877. The number of aromatic nitrogens is 1. The molecule has 0 saturated carbocycles. The van der Waals surface area contributed by atoms with Gasteiger partial charge in [-0.1, -0.05) is 36.0 Å². The van der Waals surface area contributed by atoms with Gasteiger partial charge in [0.2, 0.25) is 0 Å². The van der Waals surface area contributed by atoms with E-state index in [1.807, 2.05) is 39.1 Å². The molecule has 2 N–H and O–H groups in total. The molecule has 3 aromatic rings. The number of carbonyl (C=O) groups is 1. The fraction of sp³-hybridized carbons (Fsp3) is 0.375. The van der Waals surface area contributed by atoms with Crippen LogP contribution in [0.15, 0.2) is 58.5 Å². The smallest absolute Gasteiger partial charge is 0.407 e. The first-order valence-corrected chi connectivity index (χ1v) is 11.1. The molecule has 0 aliphatic heterocycles. The minimum Gasteiger partial charge on any atom is -0.496 e. The number of rotatable bonds is 8. The Morgan fingerprint density at radius 2 is 1.87 bits per heavy atom. The topological polar surface area (TPSA) is 63.3 Å². The minimum atomic E-state index is -0.467. The van der Waals surface area contributed by atoms with E-state index in [1.54, 1.807) is 18.9 Å². The van der Waals surface area contributed by atoms with E-state index in [-0.39, 0.29) is 6.09 Å². The number of benzene rings is 2. The number of aromatic amines is 1. The van der Waals surface area contributed by atoms with E-state index in [0.29, 0.717) is 6.54 Å². The average Bonchev–Trinajstić information content (AvgIpc) is 3.10. The Morgan fingerprint density at radius 3 is 2.63 bits per heavy atom. The van der Waals surface area contributed by atoms with Gasteiger partial charge in [0.1, 0.15) is 11.4 Å². The Morgan fingerprint density at radius 1 is 1.07 bits per heavy atom. The molecule has 0 unspecified atom stereocenters. The number of hydrogen-bond acceptors (Lipinski definition) is 4. The summed E-state index contributed by atoms with van der Waals surface area (Å²) in [7, 11) is 1.70. The van der Waals surface area contributed by atoms with Crippen LogP contribution in [0.2, 0.25) is 0 Å². The number of aryl methyl sites for hydroxylation is 1. The second-order valence-electron chi connectivity index (χ2n) is 8.13. The van der Waals surface area contributed by atoms with Crippen molar-refractivity contribution in [3.05, 3.63) is 54.2 Å². The number of amides is 1. The second-order valence-corrected chi connectivity index (χ2v) is 9.22. The summed E-state index contributed by atoms with van der Waals surface area (Å²) in [6.45, 7) is 6.21. The Bertz CT molecular complexity index is 992. The van der Waals surface area contributed by atoms with Crippen molar-refractivity contribution >= 4 is 28.8 Å². The molecule has 2 aromatic carbocycles. The molecule has 0 radical (unpaired) electrons. The van der Waals surface area contributed by atoms with E-state index in [9.17, 15) is 4.79 Å². The summed E-state index contributed by atoms with van der Waals surface area (Å²) in [6.07, 6.45) is 4.54. The first-order chi connectivity index (χ1) is 14.4. The molecule has 1 heterocycles. The predicted octanol–water partition coefficient (Wildman–Crippen LogP) is 6.18. The van der Waals surface area contributed by atoms with Crippen molar-refractivity contribution in [1.29, 1.82) is 0 Å². The molecule has 0 aliphatic carbocycles. The third-order valence-electron chi connectivity index (χ3n) is 4.58.